The van der Waals surface area contributed by atoms with Crippen molar-refractivity contribution in [3.63, 3.8) is 0 Å². The summed E-state index contributed by atoms with van der Waals surface area (Å²) in [6.45, 7) is 5.43. The van der Waals surface area contributed by atoms with Gasteiger partial charge in [0, 0.05) is 41.2 Å². The maximum absolute atomic E-state index is 13.3. The minimum absolute atomic E-state index is 0.0174. The predicted octanol–water partition coefficient (Wildman–Crippen LogP) is 4.49. The molecule has 0 aliphatic heterocycles. The van der Waals surface area contributed by atoms with Crippen LogP contribution in [0.1, 0.15) is 39.2 Å². The second-order valence-corrected chi connectivity index (χ2v) is 11.4. The molecule has 2 aromatic rings. The first-order valence-electron chi connectivity index (χ1n) is 11.5. The quantitative estimate of drug-likeness (QED) is 0.414. The molecule has 0 fully saturated rings. The molecule has 0 bridgehead atoms. The number of anilines is 1. The van der Waals surface area contributed by atoms with Gasteiger partial charge in [-0.05, 0) is 63.6 Å². The standard InChI is InChI=1S/C25H33Cl2N3O5S/c1-17(2)28-25(32)18(3)29(16-21-22(26)8-6-9-23(21)27)24(31)10-7-15-30(36(5,33)34)19-11-13-20(35-4)14-12-19/h6,8-9,11-14,17-18H,7,10,15-16H2,1-5H3,(H,28,32). The number of sulfonamides is 1. The number of hydrogen-bond acceptors (Lipinski definition) is 5. The Bertz CT molecular complexity index is 1140. The fourth-order valence-corrected chi connectivity index (χ4v) is 5.08. The van der Waals surface area contributed by atoms with E-state index in [4.69, 9.17) is 27.9 Å². The third-order valence-electron chi connectivity index (χ3n) is 5.50. The van der Waals surface area contributed by atoms with Gasteiger partial charge < -0.3 is 15.0 Å². The number of nitrogens with zero attached hydrogens (tertiary/aromatic N) is 2. The summed E-state index contributed by atoms with van der Waals surface area (Å²) in [5, 5.41) is 3.60. The van der Waals surface area contributed by atoms with Crippen LogP contribution in [0.3, 0.4) is 0 Å². The van der Waals surface area contributed by atoms with E-state index in [0.717, 1.165) is 6.26 Å². The molecule has 0 aliphatic carbocycles. The second-order valence-electron chi connectivity index (χ2n) is 8.70. The Kier molecular flexibility index (Phi) is 10.9. The van der Waals surface area contributed by atoms with Crippen LogP contribution in [0.2, 0.25) is 10.0 Å². The van der Waals surface area contributed by atoms with Crippen LogP contribution in [0.5, 0.6) is 5.75 Å². The monoisotopic (exact) mass is 557 g/mol. The number of methoxy groups -OCH3 is 1. The van der Waals surface area contributed by atoms with Crippen LogP contribution in [-0.4, -0.2) is 57.1 Å². The van der Waals surface area contributed by atoms with Crippen LogP contribution in [0.25, 0.3) is 0 Å². The maximum atomic E-state index is 13.3. The highest BCUT2D eigenvalue weighted by Crippen LogP contribution is 2.27. The van der Waals surface area contributed by atoms with Gasteiger partial charge in [-0.1, -0.05) is 29.3 Å². The van der Waals surface area contributed by atoms with Gasteiger partial charge in [0.1, 0.15) is 11.8 Å². The molecule has 11 heteroatoms. The largest absolute Gasteiger partial charge is 0.497 e. The summed E-state index contributed by atoms with van der Waals surface area (Å²) in [4.78, 5) is 27.5. The van der Waals surface area contributed by atoms with E-state index in [1.807, 2.05) is 13.8 Å². The topological polar surface area (TPSA) is 96.0 Å². The average Bonchev–Trinajstić information content (AvgIpc) is 2.80. The zero-order valence-electron chi connectivity index (χ0n) is 21.1. The van der Waals surface area contributed by atoms with Crippen LogP contribution < -0.4 is 14.4 Å². The van der Waals surface area contributed by atoms with Crippen molar-refractivity contribution in [2.45, 2.75) is 52.2 Å². The molecule has 2 aromatic carbocycles. The van der Waals surface area contributed by atoms with Crippen LogP contribution in [0, 0.1) is 0 Å². The van der Waals surface area contributed by atoms with Gasteiger partial charge in [-0.3, -0.25) is 13.9 Å². The second kappa shape index (κ2) is 13.2. The molecule has 2 amide bonds. The average molecular weight is 559 g/mol. The van der Waals surface area contributed by atoms with Crippen molar-refractivity contribution in [2.75, 3.05) is 24.2 Å². The van der Waals surface area contributed by atoms with Crippen molar-refractivity contribution < 1.29 is 22.7 Å². The number of benzene rings is 2. The molecule has 1 unspecified atom stereocenters. The van der Waals surface area contributed by atoms with Crippen molar-refractivity contribution in [2.24, 2.45) is 0 Å². The number of ether oxygens (including phenoxy) is 1. The molecule has 36 heavy (non-hydrogen) atoms. The summed E-state index contributed by atoms with van der Waals surface area (Å²) >= 11 is 12.7. The Hall–Kier alpha value is -2.49. The molecular formula is C25H33Cl2N3O5S. The highest BCUT2D eigenvalue weighted by molar-refractivity contribution is 7.92. The zero-order valence-corrected chi connectivity index (χ0v) is 23.5. The number of halogens is 2. The number of nitrogens with one attached hydrogen (secondary N) is 1. The van der Waals surface area contributed by atoms with Crippen molar-refractivity contribution in [3.05, 3.63) is 58.1 Å². The fraction of sp³-hybridized carbons (Fsp3) is 0.440. The van der Waals surface area contributed by atoms with E-state index in [1.165, 1.54) is 16.3 Å². The summed E-state index contributed by atoms with van der Waals surface area (Å²) in [6, 6.07) is 10.8. The first-order chi connectivity index (χ1) is 16.8. The number of amides is 2. The molecule has 0 aromatic heterocycles. The Morgan fingerprint density at radius 3 is 2.11 bits per heavy atom. The lowest BCUT2D eigenvalue weighted by molar-refractivity contribution is -0.140. The highest BCUT2D eigenvalue weighted by atomic mass is 35.5. The van der Waals surface area contributed by atoms with Crippen molar-refractivity contribution in [1.29, 1.82) is 0 Å². The Morgan fingerprint density at radius 2 is 1.61 bits per heavy atom. The summed E-state index contributed by atoms with van der Waals surface area (Å²) in [5.41, 5.74) is 1.00. The molecular weight excluding hydrogens is 525 g/mol. The fourth-order valence-electron chi connectivity index (χ4n) is 3.59. The van der Waals surface area contributed by atoms with E-state index in [9.17, 15) is 18.0 Å². The molecule has 1 atom stereocenters. The molecule has 0 radical (unpaired) electrons. The molecule has 0 saturated heterocycles. The van der Waals surface area contributed by atoms with Crippen molar-refractivity contribution in [1.82, 2.24) is 10.2 Å². The minimum atomic E-state index is -3.59. The van der Waals surface area contributed by atoms with E-state index >= 15 is 0 Å². The minimum Gasteiger partial charge on any atom is -0.497 e. The predicted molar refractivity (Wildman–Crippen MR) is 144 cm³/mol. The molecule has 1 N–H and O–H groups in total. The van der Waals surface area contributed by atoms with Gasteiger partial charge >= 0.3 is 0 Å². The van der Waals surface area contributed by atoms with Crippen molar-refractivity contribution >= 4 is 50.7 Å². The Morgan fingerprint density at radius 1 is 1.03 bits per heavy atom. The summed E-state index contributed by atoms with van der Waals surface area (Å²) in [6.07, 6.45) is 1.37. The third kappa shape index (κ3) is 8.28. The van der Waals surface area contributed by atoms with Gasteiger partial charge in [0.05, 0.1) is 19.1 Å². The Labute approximate surface area is 223 Å². The zero-order chi connectivity index (χ0) is 27.0. The lowest BCUT2D eigenvalue weighted by Crippen LogP contribution is -2.49. The molecule has 0 saturated carbocycles. The number of hydrogen-bond donors (Lipinski definition) is 1. The Balaban J connectivity index is 2.21. The number of carbonyl (C=O) groups excluding carboxylic acids is 2. The third-order valence-corrected chi connectivity index (χ3v) is 7.40. The smallest absolute Gasteiger partial charge is 0.242 e. The molecule has 0 aliphatic rings. The van der Waals surface area contributed by atoms with Crippen LogP contribution in [-0.2, 0) is 26.2 Å². The van der Waals surface area contributed by atoms with Gasteiger partial charge in [-0.25, -0.2) is 8.42 Å². The van der Waals surface area contributed by atoms with E-state index in [0.29, 0.717) is 27.0 Å². The van der Waals surface area contributed by atoms with Crippen LogP contribution in [0.15, 0.2) is 42.5 Å². The van der Waals surface area contributed by atoms with E-state index in [-0.39, 0.29) is 43.8 Å². The first kappa shape index (κ1) is 29.7. The van der Waals surface area contributed by atoms with Crippen LogP contribution in [0.4, 0.5) is 5.69 Å². The van der Waals surface area contributed by atoms with E-state index in [2.05, 4.69) is 5.32 Å². The molecule has 8 nitrogen and oxygen atoms in total. The lowest BCUT2D eigenvalue weighted by Gasteiger charge is -2.30. The molecule has 2 rings (SSSR count). The SMILES string of the molecule is COc1ccc(N(CCCC(=O)N(Cc2c(Cl)cccc2Cl)C(C)C(=O)NC(C)C)S(C)(=O)=O)cc1. The van der Waals surface area contributed by atoms with Gasteiger partial charge in [0.2, 0.25) is 21.8 Å². The first-order valence-corrected chi connectivity index (χ1v) is 14.1. The lowest BCUT2D eigenvalue weighted by atomic mass is 10.1. The summed E-state index contributed by atoms with van der Waals surface area (Å²) < 4.78 is 31.2. The van der Waals surface area contributed by atoms with Gasteiger partial charge in [-0.15, -0.1) is 0 Å². The highest BCUT2D eigenvalue weighted by Gasteiger charge is 2.28. The van der Waals surface area contributed by atoms with E-state index in [1.54, 1.807) is 49.4 Å². The van der Waals surface area contributed by atoms with Crippen LogP contribution >= 0.6 is 23.2 Å². The summed E-state index contributed by atoms with van der Waals surface area (Å²) in [5.74, 6) is -0.0250. The molecule has 0 spiro atoms. The molecule has 0 heterocycles. The van der Waals surface area contributed by atoms with E-state index < -0.39 is 16.1 Å². The molecule has 198 valence electrons. The van der Waals surface area contributed by atoms with Gasteiger partial charge in [0.25, 0.3) is 0 Å². The number of rotatable bonds is 12. The maximum Gasteiger partial charge on any atom is 0.242 e. The van der Waals surface area contributed by atoms with Gasteiger partial charge in [-0.2, -0.15) is 0 Å². The summed E-state index contributed by atoms with van der Waals surface area (Å²) in [7, 11) is -2.06. The normalized spacial score (nSPS) is 12.2. The van der Waals surface area contributed by atoms with Gasteiger partial charge in [0.15, 0.2) is 0 Å². The number of carbonyl (C=O) groups is 2. The van der Waals surface area contributed by atoms with Crippen molar-refractivity contribution in [3.8, 4) is 5.75 Å².